The molecule has 0 aromatic heterocycles. The number of benzene rings is 1. The van der Waals surface area contributed by atoms with Gasteiger partial charge < -0.3 is 15.0 Å². The average Bonchev–Trinajstić information content (AvgIpc) is 3.14. The predicted octanol–water partition coefficient (Wildman–Crippen LogP) is 2.10. The van der Waals surface area contributed by atoms with Crippen LogP contribution >= 0.6 is 15.9 Å². The summed E-state index contributed by atoms with van der Waals surface area (Å²) in [5, 5.41) is 2.86. The molecule has 0 unspecified atom stereocenters. The van der Waals surface area contributed by atoms with Crippen LogP contribution in [0.3, 0.4) is 0 Å². The molecule has 22 heavy (non-hydrogen) atoms. The molecule has 2 aliphatic heterocycles. The van der Waals surface area contributed by atoms with Crippen LogP contribution in [0, 0.1) is 5.92 Å². The lowest BCUT2D eigenvalue weighted by Gasteiger charge is -2.17. The first-order valence-corrected chi connectivity index (χ1v) is 8.41. The highest BCUT2D eigenvalue weighted by Gasteiger charge is 2.37. The molecule has 1 N–H and O–H groups in total. The van der Waals surface area contributed by atoms with Crippen LogP contribution in [0.15, 0.2) is 28.7 Å². The van der Waals surface area contributed by atoms with E-state index in [1.165, 1.54) is 0 Å². The van der Waals surface area contributed by atoms with E-state index >= 15 is 0 Å². The molecule has 6 heteroatoms. The van der Waals surface area contributed by atoms with E-state index < -0.39 is 5.92 Å². The number of hydrogen-bond acceptors (Lipinski definition) is 3. The van der Waals surface area contributed by atoms with Crippen molar-refractivity contribution >= 4 is 33.4 Å². The number of nitrogens with zero attached hydrogens (tertiary/aromatic N) is 1. The van der Waals surface area contributed by atoms with Crippen molar-refractivity contribution in [3.05, 3.63) is 28.7 Å². The minimum absolute atomic E-state index is 0.0987. The molecule has 2 amide bonds. The molecule has 1 aromatic carbocycles. The number of carbonyl (C=O) groups excluding carboxylic acids is 2. The van der Waals surface area contributed by atoms with E-state index in [-0.39, 0.29) is 17.9 Å². The number of rotatable bonds is 4. The Morgan fingerprint density at radius 1 is 1.41 bits per heavy atom. The Morgan fingerprint density at radius 3 is 3.00 bits per heavy atom. The molecule has 0 aliphatic carbocycles. The molecule has 5 nitrogen and oxygen atoms in total. The Labute approximate surface area is 138 Å². The van der Waals surface area contributed by atoms with Gasteiger partial charge in [0.25, 0.3) is 0 Å². The maximum atomic E-state index is 12.5. The number of anilines is 1. The maximum Gasteiger partial charge on any atom is 0.239 e. The second-order valence-electron chi connectivity index (χ2n) is 5.69. The highest BCUT2D eigenvalue weighted by atomic mass is 79.9. The van der Waals surface area contributed by atoms with Gasteiger partial charge in [-0.15, -0.1) is 0 Å². The highest BCUT2D eigenvalue weighted by molar-refractivity contribution is 9.10. The number of carbonyl (C=O) groups is 2. The van der Waals surface area contributed by atoms with Crippen LogP contribution in [0.4, 0.5) is 5.69 Å². The fourth-order valence-electron chi connectivity index (χ4n) is 2.97. The van der Waals surface area contributed by atoms with Gasteiger partial charge in [0.15, 0.2) is 0 Å². The first kappa shape index (κ1) is 15.5. The molecule has 0 bridgehead atoms. The summed E-state index contributed by atoms with van der Waals surface area (Å²) in [5.41, 5.74) is 0.828. The van der Waals surface area contributed by atoms with Crippen molar-refractivity contribution in [2.45, 2.75) is 25.4 Å². The van der Waals surface area contributed by atoms with Crippen molar-refractivity contribution in [2.75, 3.05) is 24.6 Å². The van der Waals surface area contributed by atoms with Crippen molar-refractivity contribution in [3.8, 4) is 0 Å². The minimum atomic E-state index is -0.583. The third-order valence-electron chi connectivity index (χ3n) is 4.17. The largest absolute Gasteiger partial charge is 0.376 e. The van der Waals surface area contributed by atoms with Crippen LogP contribution in [0.5, 0.6) is 0 Å². The number of nitrogens with one attached hydrogen (secondary N) is 1. The zero-order chi connectivity index (χ0) is 15.5. The maximum absolute atomic E-state index is 12.5. The lowest BCUT2D eigenvalue weighted by Crippen LogP contribution is -2.39. The Hall–Kier alpha value is -1.40. The van der Waals surface area contributed by atoms with Gasteiger partial charge in [-0.25, -0.2) is 0 Å². The fraction of sp³-hybridized carbons (Fsp3) is 0.500. The van der Waals surface area contributed by atoms with Crippen molar-refractivity contribution in [2.24, 2.45) is 5.92 Å². The van der Waals surface area contributed by atoms with Crippen molar-refractivity contribution < 1.29 is 14.3 Å². The standard InChI is InChI=1S/C16H19BrN2O3/c17-11-3-1-4-12(9-11)19-7-6-14(16(19)21)15(20)18-10-13-5-2-8-22-13/h1,3-4,9,13-14H,2,5-8,10H2,(H,18,20)/t13-,14-/m1/s1. The summed E-state index contributed by atoms with van der Waals surface area (Å²) in [6.07, 6.45) is 2.67. The summed E-state index contributed by atoms with van der Waals surface area (Å²) in [6.45, 7) is 1.84. The Morgan fingerprint density at radius 2 is 2.27 bits per heavy atom. The molecule has 2 fully saturated rings. The van der Waals surface area contributed by atoms with Gasteiger partial charge in [-0.05, 0) is 37.5 Å². The average molecular weight is 367 g/mol. The Balaban J connectivity index is 1.59. The summed E-state index contributed by atoms with van der Waals surface area (Å²) >= 11 is 3.40. The smallest absolute Gasteiger partial charge is 0.239 e. The molecule has 118 valence electrons. The number of halogens is 1. The molecule has 3 rings (SSSR count). The third kappa shape index (κ3) is 3.33. The van der Waals surface area contributed by atoms with E-state index in [2.05, 4.69) is 21.2 Å². The van der Waals surface area contributed by atoms with Gasteiger partial charge in [0.1, 0.15) is 5.92 Å². The minimum Gasteiger partial charge on any atom is -0.376 e. The highest BCUT2D eigenvalue weighted by Crippen LogP contribution is 2.27. The van der Waals surface area contributed by atoms with E-state index in [1.54, 1.807) is 4.90 Å². The summed E-state index contributed by atoms with van der Waals surface area (Å²) in [4.78, 5) is 26.4. The van der Waals surface area contributed by atoms with Gasteiger partial charge in [0.05, 0.1) is 6.10 Å². The second kappa shape index (κ2) is 6.79. The summed E-state index contributed by atoms with van der Waals surface area (Å²) in [7, 11) is 0. The van der Waals surface area contributed by atoms with Crippen LogP contribution in [-0.2, 0) is 14.3 Å². The molecular weight excluding hydrogens is 348 g/mol. The van der Waals surface area contributed by atoms with E-state index in [0.717, 1.165) is 29.6 Å². The fourth-order valence-corrected chi connectivity index (χ4v) is 3.35. The van der Waals surface area contributed by atoms with Gasteiger partial charge in [-0.3, -0.25) is 9.59 Å². The van der Waals surface area contributed by atoms with Crippen molar-refractivity contribution in [3.63, 3.8) is 0 Å². The van der Waals surface area contributed by atoms with Crippen molar-refractivity contribution in [1.29, 1.82) is 0 Å². The second-order valence-corrected chi connectivity index (χ2v) is 6.61. The zero-order valence-electron chi connectivity index (χ0n) is 12.3. The molecule has 2 saturated heterocycles. The monoisotopic (exact) mass is 366 g/mol. The van der Waals surface area contributed by atoms with Gasteiger partial charge >= 0.3 is 0 Å². The number of hydrogen-bond donors (Lipinski definition) is 1. The molecule has 2 atom stereocenters. The lowest BCUT2D eigenvalue weighted by molar-refractivity contribution is -0.132. The normalized spacial score (nSPS) is 24.8. The number of ether oxygens (including phenoxy) is 1. The molecule has 0 radical (unpaired) electrons. The van der Waals surface area contributed by atoms with E-state index in [4.69, 9.17) is 4.74 Å². The van der Waals surface area contributed by atoms with Gasteiger partial charge in [0, 0.05) is 29.9 Å². The molecule has 2 heterocycles. The SMILES string of the molecule is O=C(NC[C@H]1CCCO1)[C@H]1CCN(c2cccc(Br)c2)C1=O. The molecule has 2 aliphatic rings. The van der Waals surface area contributed by atoms with Crippen LogP contribution in [-0.4, -0.2) is 37.6 Å². The van der Waals surface area contributed by atoms with Crippen LogP contribution in [0.1, 0.15) is 19.3 Å². The van der Waals surface area contributed by atoms with Crippen LogP contribution < -0.4 is 10.2 Å². The van der Waals surface area contributed by atoms with Gasteiger partial charge in [-0.1, -0.05) is 22.0 Å². The first-order chi connectivity index (χ1) is 10.6. The molecule has 0 saturated carbocycles. The lowest BCUT2D eigenvalue weighted by atomic mass is 10.1. The molecule has 1 aromatic rings. The molecule has 0 spiro atoms. The summed E-state index contributed by atoms with van der Waals surface area (Å²) in [6, 6.07) is 7.58. The van der Waals surface area contributed by atoms with Crippen molar-refractivity contribution in [1.82, 2.24) is 5.32 Å². The Kier molecular flexibility index (Phi) is 4.78. The van der Waals surface area contributed by atoms with E-state index in [1.807, 2.05) is 24.3 Å². The zero-order valence-corrected chi connectivity index (χ0v) is 13.8. The molecular formula is C16H19BrN2O3. The first-order valence-electron chi connectivity index (χ1n) is 7.61. The van der Waals surface area contributed by atoms with Crippen LogP contribution in [0.2, 0.25) is 0 Å². The number of amides is 2. The van der Waals surface area contributed by atoms with E-state index in [0.29, 0.717) is 19.5 Å². The third-order valence-corrected chi connectivity index (χ3v) is 4.66. The summed E-state index contributed by atoms with van der Waals surface area (Å²) in [5.74, 6) is -0.888. The summed E-state index contributed by atoms with van der Waals surface area (Å²) < 4.78 is 6.40. The van der Waals surface area contributed by atoms with E-state index in [9.17, 15) is 9.59 Å². The van der Waals surface area contributed by atoms with Gasteiger partial charge in [-0.2, -0.15) is 0 Å². The topological polar surface area (TPSA) is 58.6 Å². The van der Waals surface area contributed by atoms with Gasteiger partial charge in [0.2, 0.25) is 11.8 Å². The van der Waals surface area contributed by atoms with Crippen LogP contribution in [0.25, 0.3) is 0 Å². The Bertz CT molecular complexity index is 572. The predicted molar refractivity (Wildman–Crippen MR) is 86.6 cm³/mol. The quantitative estimate of drug-likeness (QED) is 0.830.